The van der Waals surface area contributed by atoms with E-state index >= 15 is 0 Å². The van der Waals surface area contributed by atoms with Gasteiger partial charge in [0.25, 0.3) is 0 Å². The van der Waals surface area contributed by atoms with Crippen LogP contribution in [0.1, 0.15) is 0 Å². The minimum atomic E-state index is 0. The van der Waals surface area contributed by atoms with E-state index in [9.17, 15) is 0 Å². The highest BCUT2D eigenvalue weighted by molar-refractivity contribution is 6.25. The summed E-state index contributed by atoms with van der Waals surface area (Å²) in [5.74, 6) is 1.11. The molecule has 8 heavy (non-hydrogen) atoms. The van der Waals surface area contributed by atoms with Crippen LogP contribution in [0.3, 0.4) is 0 Å². The molecule has 0 unspecified atom stereocenters. The fourth-order valence-corrected chi connectivity index (χ4v) is 0. The quantitative estimate of drug-likeness (QED) is 0.572. The van der Waals surface area contributed by atoms with Gasteiger partial charge in [-0.25, -0.2) is 0 Å². The molecule has 0 atom stereocenters. The van der Waals surface area contributed by atoms with E-state index in [0.717, 1.165) is 0 Å². The van der Waals surface area contributed by atoms with Gasteiger partial charge in [0.05, 0.1) is 0 Å². The van der Waals surface area contributed by atoms with E-state index in [1.54, 1.807) is 0 Å². The van der Waals surface area contributed by atoms with Crippen LogP contribution in [-0.2, 0) is 0 Å². The molecule has 0 aromatic carbocycles. The van der Waals surface area contributed by atoms with Crippen LogP contribution < -0.4 is 11.5 Å². The van der Waals surface area contributed by atoms with Gasteiger partial charge in [-0.2, -0.15) is 0 Å². The largest absolute Gasteiger partial charge is 0.344 e. The van der Waals surface area contributed by atoms with Crippen molar-refractivity contribution in [2.24, 2.45) is 0 Å². The second-order valence-electron chi connectivity index (χ2n) is 0.878. The summed E-state index contributed by atoms with van der Waals surface area (Å²) in [6, 6.07) is 0. The first-order chi connectivity index (χ1) is 3.33. The molecule has 0 aromatic heterocycles. The Kier molecular flexibility index (Phi) is 51.1. The first-order valence-electron chi connectivity index (χ1n) is 2.03. The third-order valence-electron chi connectivity index (χ3n) is 0.0714. The van der Waals surface area contributed by atoms with Crippen LogP contribution in [0.5, 0.6) is 0 Å². The molecule has 0 saturated heterocycles. The lowest BCUT2D eigenvalue weighted by Crippen LogP contribution is -1.89. The van der Waals surface area contributed by atoms with Gasteiger partial charge in [-0.1, -0.05) is 0 Å². The second-order valence-corrected chi connectivity index (χ2v) is 1.63. The average molecular weight is 161 g/mol. The van der Waals surface area contributed by atoms with Gasteiger partial charge in [-0.15, -0.1) is 23.2 Å². The Morgan fingerprint density at radius 3 is 1.25 bits per heavy atom. The molecule has 0 heterocycles. The molecule has 0 spiro atoms. The predicted molar refractivity (Wildman–Crippen MR) is 41.4 cm³/mol. The van der Waals surface area contributed by atoms with Crippen molar-refractivity contribution in [2.75, 3.05) is 25.9 Å². The number of nitrogens with one attached hydrogen (secondary N) is 1. The van der Waals surface area contributed by atoms with Crippen molar-refractivity contribution < 1.29 is 0 Å². The zero-order valence-electron chi connectivity index (χ0n) is 5.38. The molecular formula is C4H14Cl2N2. The van der Waals surface area contributed by atoms with Crippen molar-refractivity contribution >= 4 is 23.2 Å². The molecule has 54 valence electrons. The van der Waals surface area contributed by atoms with Gasteiger partial charge in [-0.3, -0.25) is 0 Å². The fraction of sp³-hybridized carbons (Fsp3) is 1.00. The molecule has 0 saturated carbocycles. The fourth-order valence-electron chi connectivity index (χ4n) is 0. The molecule has 0 rings (SSSR count). The molecule has 0 radical (unpaired) electrons. The van der Waals surface area contributed by atoms with Crippen LogP contribution in [0.4, 0.5) is 0 Å². The summed E-state index contributed by atoms with van der Waals surface area (Å²) in [5.41, 5.74) is 0. The Morgan fingerprint density at radius 2 is 1.25 bits per heavy atom. The monoisotopic (exact) mass is 160 g/mol. The Labute approximate surface area is 61.1 Å². The van der Waals surface area contributed by atoms with Gasteiger partial charge in [0, 0.05) is 11.8 Å². The van der Waals surface area contributed by atoms with Crippen LogP contribution in [0.15, 0.2) is 0 Å². The third kappa shape index (κ3) is 87.4. The lowest BCUT2D eigenvalue weighted by molar-refractivity contribution is 1.02. The van der Waals surface area contributed by atoms with Gasteiger partial charge < -0.3 is 11.5 Å². The van der Waals surface area contributed by atoms with E-state index in [2.05, 4.69) is 5.32 Å². The van der Waals surface area contributed by atoms with Crippen LogP contribution >= 0.6 is 23.2 Å². The highest BCUT2D eigenvalue weighted by Gasteiger charge is 1.61. The van der Waals surface area contributed by atoms with E-state index in [4.69, 9.17) is 23.2 Å². The van der Waals surface area contributed by atoms with Crippen LogP contribution in [0.25, 0.3) is 0 Å². The number of hydrogen-bond donors (Lipinski definition) is 2. The maximum atomic E-state index is 5.05. The molecule has 0 amide bonds. The summed E-state index contributed by atoms with van der Waals surface area (Å²) >= 11 is 10.1. The minimum absolute atomic E-state index is 0. The van der Waals surface area contributed by atoms with Crippen molar-refractivity contribution in [2.45, 2.75) is 0 Å². The third-order valence-corrected chi connectivity index (χ3v) is 0.643. The molecule has 0 fully saturated rings. The molecule has 2 nitrogen and oxygen atoms in total. The van der Waals surface area contributed by atoms with Gasteiger partial charge >= 0.3 is 0 Å². The molecule has 0 aromatic rings. The predicted octanol–water partition coefficient (Wildman–Crippen LogP) is 1.46. The van der Waals surface area contributed by atoms with Crippen molar-refractivity contribution in [3.05, 3.63) is 0 Å². The Morgan fingerprint density at radius 1 is 1.12 bits per heavy atom. The molecule has 0 aliphatic rings. The smallest absolute Gasteiger partial charge is 0.0359 e. The molecule has 0 aliphatic heterocycles. The van der Waals surface area contributed by atoms with Gasteiger partial charge in [0.15, 0.2) is 0 Å². The van der Waals surface area contributed by atoms with Crippen molar-refractivity contribution in [3.8, 4) is 0 Å². The van der Waals surface area contributed by atoms with Gasteiger partial charge in [0.2, 0.25) is 0 Å². The van der Waals surface area contributed by atoms with Crippen LogP contribution in [0.2, 0.25) is 0 Å². The lowest BCUT2D eigenvalue weighted by Gasteiger charge is -1.63. The maximum Gasteiger partial charge on any atom is 0.0359 e. The molecule has 4 heteroatoms. The van der Waals surface area contributed by atoms with Gasteiger partial charge in [-0.05, 0) is 14.1 Å². The number of rotatable bonds is 1. The number of halogens is 2. The summed E-state index contributed by atoms with van der Waals surface area (Å²) in [6.07, 6.45) is 0. The maximum absolute atomic E-state index is 5.05. The first-order valence-corrected chi connectivity index (χ1v) is 3.10. The average Bonchev–Trinajstić information content (AvgIpc) is 1.69. The van der Waals surface area contributed by atoms with E-state index in [-0.39, 0.29) is 6.15 Å². The highest BCUT2D eigenvalue weighted by Crippen LogP contribution is 1.75. The summed E-state index contributed by atoms with van der Waals surface area (Å²) in [4.78, 5) is 0. The summed E-state index contributed by atoms with van der Waals surface area (Å²) < 4.78 is 0. The summed E-state index contributed by atoms with van der Waals surface area (Å²) in [5, 5.41) is 2.75. The Hall–Kier alpha value is 0.500. The van der Waals surface area contributed by atoms with Crippen LogP contribution in [-0.4, -0.2) is 25.9 Å². The SMILES string of the molecule is CNC.ClCCCl.N. The topological polar surface area (TPSA) is 47.0 Å². The summed E-state index contributed by atoms with van der Waals surface area (Å²) in [6.45, 7) is 0. The Bertz CT molecular complexity index is 19.5. The lowest BCUT2D eigenvalue weighted by atomic mass is 11.0. The van der Waals surface area contributed by atoms with E-state index in [1.807, 2.05) is 14.1 Å². The Balaban J connectivity index is -0.0000000575. The van der Waals surface area contributed by atoms with Crippen molar-refractivity contribution in [3.63, 3.8) is 0 Å². The first kappa shape index (κ1) is 15.8. The zero-order valence-corrected chi connectivity index (χ0v) is 6.89. The van der Waals surface area contributed by atoms with Crippen LogP contribution in [0, 0.1) is 0 Å². The molecular weight excluding hydrogens is 147 g/mol. The normalized spacial score (nSPS) is 6.00. The molecule has 0 bridgehead atoms. The highest BCUT2D eigenvalue weighted by atomic mass is 35.5. The number of alkyl halides is 2. The van der Waals surface area contributed by atoms with E-state index in [0.29, 0.717) is 11.8 Å². The van der Waals surface area contributed by atoms with E-state index < -0.39 is 0 Å². The van der Waals surface area contributed by atoms with Crippen molar-refractivity contribution in [1.82, 2.24) is 11.5 Å². The zero-order chi connectivity index (χ0) is 6.12. The number of hydrogen-bond acceptors (Lipinski definition) is 2. The standard InChI is InChI=1S/C2H4Cl2.C2H7N.H3N/c3-1-2-4;1-3-2;/h1-2H2;3H,1-2H3;1H3. The van der Waals surface area contributed by atoms with E-state index in [1.165, 1.54) is 0 Å². The molecule has 0 aliphatic carbocycles. The second kappa shape index (κ2) is 25.9. The van der Waals surface area contributed by atoms with Crippen molar-refractivity contribution in [1.29, 1.82) is 0 Å². The summed E-state index contributed by atoms with van der Waals surface area (Å²) in [7, 11) is 3.75. The van der Waals surface area contributed by atoms with Gasteiger partial charge in [0.1, 0.15) is 0 Å². The minimum Gasteiger partial charge on any atom is -0.344 e. The molecule has 4 N–H and O–H groups in total.